The van der Waals surface area contributed by atoms with E-state index in [9.17, 15) is 4.79 Å². The van der Waals surface area contributed by atoms with E-state index in [-0.39, 0.29) is 28.6 Å². The molecule has 0 aliphatic rings. The summed E-state index contributed by atoms with van der Waals surface area (Å²) in [6.45, 7) is 2.12. The summed E-state index contributed by atoms with van der Waals surface area (Å²) in [5.74, 6) is 0.750. The lowest BCUT2D eigenvalue weighted by Crippen LogP contribution is -2.14. The molecule has 0 radical (unpaired) electrons. The Morgan fingerprint density at radius 2 is 2.08 bits per heavy atom. The molecule has 0 aliphatic carbocycles. The van der Waals surface area contributed by atoms with Crippen LogP contribution in [0.15, 0.2) is 15.4 Å². The molecule has 3 N–H and O–H groups in total. The third kappa shape index (κ3) is 5.59. The van der Waals surface area contributed by atoms with Crippen LogP contribution in [0.2, 0.25) is 0 Å². The molecule has 2 aromatic rings. The highest BCUT2D eigenvalue weighted by Crippen LogP contribution is 2.27. The predicted octanol–water partition coefficient (Wildman–Crippen LogP) is 2.88. The largest absolute Gasteiger partial charge is 0.383 e. The van der Waals surface area contributed by atoms with Gasteiger partial charge in [-0.2, -0.15) is 10.5 Å². The van der Waals surface area contributed by atoms with Gasteiger partial charge in [0.2, 0.25) is 11.0 Å². The summed E-state index contributed by atoms with van der Waals surface area (Å²) >= 11 is 4.01. The second-order valence-corrected chi connectivity index (χ2v) is 8.19. The van der Waals surface area contributed by atoms with Crippen molar-refractivity contribution in [2.75, 3.05) is 22.6 Å². The van der Waals surface area contributed by atoms with E-state index in [2.05, 4.69) is 27.4 Å². The minimum Gasteiger partial charge on any atom is -0.383 e. The first-order valence-electron chi connectivity index (χ1n) is 7.57. The molecule has 0 atom stereocenters. The van der Waals surface area contributed by atoms with Crippen molar-refractivity contribution in [3.63, 3.8) is 0 Å². The van der Waals surface area contributed by atoms with Crippen LogP contribution in [0.3, 0.4) is 0 Å². The van der Waals surface area contributed by atoms with Gasteiger partial charge in [0.1, 0.15) is 23.0 Å². The monoisotopic (exact) mass is 405 g/mol. The summed E-state index contributed by atoms with van der Waals surface area (Å²) in [6.07, 6.45) is 2.22. The molecule has 0 aromatic carbocycles. The van der Waals surface area contributed by atoms with Gasteiger partial charge in [-0.25, -0.2) is 4.98 Å². The predicted molar refractivity (Wildman–Crippen MR) is 103 cm³/mol. The van der Waals surface area contributed by atoms with Crippen molar-refractivity contribution in [2.24, 2.45) is 0 Å². The van der Waals surface area contributed by atoms with E-state index in [0.29, 0.717) is 10.2 Å². The number of nitrogens with zero attached hydrogens (tertiary/aromatic N) is 5. The van der Waals surface area contributed by atoms with Crippen molar-refractivity contribution in [2.45, 2.75) is 29.1 Å². The molecule has 2 rings (SSSR count). The minimum atomic E-state index is -0.287. The van der Waals surface area contributed by atoms with Gasteiger partial charge in [0.15, 0.2) is 4.34 Å². The number of nitriles is 2. The number of hydrogen-bond acceptors (Lipinski definition) is 10. The lowest BCUT2D eigenvalue weighted by molar-refractivity contribution is -0.113. The van der Waals surface area contributed by atoms with Crippen LogP contribution in [-0.2, 0) is 4.79 Å². The quantitative estimate of drug-likeness (QED) is 0.385. The Balaban J connectivity index is 1.92. The molecule has 0 aliphatic heterocycles. The summed E-state index contributed by atoms with van der Waals surface area (Å²) in [4.78, 5) is 16.1. The first-order valence-corrected chi connectivity index (χ1v) is 10.4. The van der Waals surface area contributed by atoms with E-state index in [1.807, 2.05) is 12.1 Å². The summed E-state index contributed by atoms with van der Waals surface area (Å²) in [5.41, 5.74) is 6.01. The lowest BCUT2D eigenvalue weighted by Gasteiger charge is -2.05. The molecule has 8 nitrogen and oxygen atoms in total. The van der Waals surface area contributed by atoms with Gasteiger partial charge in [0.25, 0.3) is 0 Å². The molecular formula is C15H15N7OS3. The maximum atomic E-state index is 12.1. The first kappa shape index (κ1) is 20.0. The van der Waals surface area contributed by atoms with E-state index < -0.39 is 0 Å². The van der Waals surface area contributed by atoms with E-state index >= 15 is 0 Å². The third-order valence-corrected chi connectivity index (χ3v) is 6.02. The number of unbranched alkanes of at least 4 members (excludes halogenated alkanes) is 1. The second-order valence-electron chi connectivity index (χ2n) is 4.91. The maximum Gasteiger partial charge on any atom is 0.236 e. The van der Waals surface area contributed by atoms with Gasteiger partial charge in [-0.05, 0) is 12.5 Å². The summed E-state index contributed by atoms with van der Waals surface area (Å²) in [6, 6.07) is 5.19. The fraction of sp³-hybridized carbons (Fsp3) is 0.333. The van der Waals surface area contributed by atoms with Crippen molar-refractivity contribution in [3.05, 3.63) is 17.2 Å². The number of nitrogen functional groups attached to an aromatic ring is 1. The van der Waals surface area contributed by atoms with E-state index in [0.717, 1.165) is 34.7 Å². The highest BCUT2D eigenvalue weighted by atomic mass is 32.2. The van der Waals surface area contributed by atoms with Gasteiger partial charge in [-0.3, -0.25) is 10.1 Å². The van der Waals surface area contributed by atoms with Crippen LogP contribution in [0.5, 0.6) is 0 Å². The first-order chi connectivity index (χ1) is 12.6. The number of carbonyl (C=O) groups excluding carboxylic acids is 1. The SMILES string of the molecule is CCCCSc1nnc(NC(=O)CSc2nc(N)c(C#N)cc2C#N)s1. The molecule has 2 aromatic heterocycles. The van der Waals surface area contributed by atoms with Crippen LogP contribution in [-0.4, -0.2) is 32.6 Å². The van der Waals surface area contributed by atoms with Crippen molar-refractivity contribution >= 4 is 51.7 Å². The molecule has 26 heavy (non-hydrogen) atoms. The maximum absolute atomic E-state index is 12.1. The van der Waals surface area contributed by atoms with Gasteiger partial charge in [-0.15, -0.1) is 10.2 Å². The third-order valence-electron chi connectivity index (χ3n) is 2.97. The molecule has 0 saturated carbocycles. The Bertz CT molecular complexity index is 869. The number of carbonyl (C=O) groups is 1. The lowest BCUT2D eigenvalue weighted by atomic mass is 10.2. The number of pyridine rings is 1. The number of rotatable bonds is 8. The van der Waals surface area contributed by atoms with Crippen molar-refractivity contribution in [1.29, 1.82) is 10.5 Å². The fourth-order valence-corrected chi connectivity index (χ4v) is 4.39. The molecule has 1 amide bonds. The Morgan fingerprint density at radius 1 is 1.31 bits per heavy atom. The van der Waals surface area contributed by atoms with Gasteiger partial charge >= 0.3 is 0 Å². The Kier molecular flexibility index (Phi) is 7.66. The van der Waals surface area contributed by atoms with Gasteiger partial charge in [0.05, 0.1) is 16.9 Å². The molecule has 0 unspecified atom stereocenters. The number of nitrogens with one attached hydrogen (secondary N) is 1. The molecule has 0 fully saturated rings. The van der Waals surface area contributed by atoms with Crippen LogP contribution >= 0.6 is 34.9 Å². The number of thioether (sulfide) groups is 2. The molecule has 0 saturated heterocycles. The molecule has 0 spiro atoms. The number of aromatic nitrogens is 3. The highest BCUT2D eigenvalue weighted by molar-refractivity contribution is 8.01. The highest BCUT2D eigenvalue weighted by Gasteiger charge is 2.14. The topological polar surface area (TPSA) is 141 Å². The van der Waals surface area contributed by atoms with Crippen molar-refractivity contribution in [3.8, 4) is 12.1 Å². The standard InChI is InChI=1S/C15H15N7OS3/c1-2-3-4-24-15-22-21-14(26-15)19-11(23)8-25-13-10(7-17)5-9(6-16)12(18)20-13/h5H,2-4,8H2,1H3,(H2,18,20)(H,19,21,23). The van der Waals surface area contributed by atoms with Crippen LogP contribution in [0, 0.1) is 22.7 Å². The molecule has 11 heteroatoms. The number of hydrogen-bond donors (Lipinski definition) is 2. The van der Waals surface area contributed by atoms with Crippen molar-refractivity contribution in [1.82, 2.24) is 15.2 Å². The van der Waals surface area contributed by atoms with Crippen LogP contribution in [0.4, 0.5) is 10.9 Å². The molecule has 134 valence electrons. The van der Waals surface area contributed by atoms with E-state index in [1.165, 1.54) is 17.4 Å². The Labute approximate surface area is 163 Å². The van der Waals surface area contributed by atoms with Crippen LogP contribution < -0.4 is 11.1 Å². The van der Waals surface area contributed by atoms with E-state index in [1.54, 1.807) is 11.8 Å². The van der Waals surface area contributed by atoms with Crippen LogP contribution in [0.25, 0.3) is 0 Å². The van der Waals surface area contributed by atoms with Gasteiger partial charge in [-0.1, -0.05) is 48.2 Å². The molecular weight excluding hydrogens is 390 g/mol. The zero-order chi connectivity index (χ0) is 18.9. The van der Waals surface area contributed by atoms with Gasteiger partial charge in [0, 0.05) is 5.75 Å². The number of anilines is 2. The summed E-state index contributed by atoms with van der Waals surface area (Å²) in [5, 5.41) is 29.5. The fourth-order valence-electron chi connectivity index (χ4n) is 1.70. The van der Waals surface area contributed by atoms with E-state index in [4.69, 9.17) is 16.3 Å². The summed E-state index contributed by atoms with van der Waals surface area (Å²) in [7, 11) is 0. The van der Waals surface area contributed by atoms with Crippen LogP contribution in [0.1, 0.15) is 30.9 Å². The number of amides is 1. The zero-order valence-corrected chi connectivity index (χ0v) is 16.3. The second kappa shape index (κ2) is 9.97. The Morgan fingerprint density at radius 3 is 2.77 bits per heavy atom. The average Bonchev–Trinajstić information content (AvgIpc) is 3.07. The Hall–Kier alpha value is -2.34. The molecule has 0 bridgehead atoms. The van der Waals surface area contributed by atoms with Crippen molar-refractivity contribution < 1.29 is 4.79 Å². The smallest absolute Gasteiger partial charge is 0.236 e. The average molecular weight is 406 g/mol. The minimum absolute atomic E-state index is 0.0326. The zero-order valence-electron chi connectivity index (χ0n) is 13.9. The van der Waals surface area contributed by atoms with Gasteiger partial charge < -0.3 is 5.73 Å². The number of nitrogens with two attached hydrogens (primary N) is 1. The molecule has 2 heterocycles. The summed E-state index contributed by atoms with van der Waals surface area (Å²) < 4.78 is 0.815. The normalized spacial score (nSPS) is 10.1.